The van der Waals surface area contributed by atoms with Crippen molar-refractivity contribution in [2.24, 2.45) is 0 Å². The third kappa shape index (κ3) is 9.76. The van der Waals surface area contributed by atoms with E-state index >= 15 is 0 Å². The Morgan fingerprint density at radius 1 is 0.606 bits per heavy atom. The van der Waals surface area contributed by atoms with E-state index in [0.29, 0.717) is 0 Å². The maximum absolute atomic E-state index is 2.18. The third-order valence-corrected chi connectivity index (χ3v) is 4.93. The standard InChI is InChI=1S/C10H16N.2C9H7.C2H6Si.Zr/c1-9-7-5-6-8-10(9)11(2,3)4;2*1-2-5-9-7-3-6-8(9)4-1;1-3-2;/h5-8H,1-4H3;2*1-7H;1-2H3;/q+1;2*-1;;+2. The number of benzene rings is 3. The Kier molecular flexibility index (Phi) is 13.1. The molecule has 0 aliphatic carbocycles. The zero-order chi connectivity index (χ0) is 23.4. The molecule has 0 aliphatic rings. The van der Waals surface area contributed by atoms with Crippen LogP contribution in [0.5, 0.6) is 0 Å². The zero-order valence-corrected chi connectivity index (χ0v) is 24.3. The summed E-state index contributed by atoms with van der Waals surface area (Å²) in [4.78, 5) is 0. The molecule has 3 heteroatoms. The number of hydrogen-bond acceptors (Lipinski definition) is 0. The van der Waals surface area contributed by atoms with Gasteiger partial charge in [0.05, 0.1) is 21.1 Å². The van der Waals surface area contributed by atoms with E-state index in [1.165, 1.54) is 32.8 Å². The van der Waals surface area contributed by atoms with Gasteiger partial charge in [0.25, 0.3) is 0 Å². The van der Waals surface area contributed by atoms with Gasteiger partial charge in [-0.3, -0.25) is 4.48 Å². The van der Waals surface area contributed by atoms with Crippen LogP contribution in [0.25, 0.3) is 21.5 Å². The van der Waals surface area contributed by atoms with E-state index in [4.69, 9.17) is 0 Å². The first-order valence-electron chi connectivity index (χ1n) is 11.0. The first-order chi connectivity index (χ1) is 15.4. The maximum atomic E-state index is 2.18. The van der Waals surface area contributed by atoms with Gasteiger partial charge < -0.3 is 0 Å². The molecule has 33 heavy (non-hydrogen) atoms. The predicted octanol–water partition coefficient (Wildman–Crippen LogP) is 8.09. The Hall–Kier alpha value is -2.06. The van der Waals surface area contributed by atoms with Gasteiger partial charge in [0.1, 0.15) is 5.69 Å². The van der Waals surface area contributed by atoms with Crippen LogP contribution in [0.2, 0.25) is 13.1 Å². The van der Waals surface area contributed by atoms with Crippen LogP contribution >= 0.6 is 0 Å². The molecule has 0 amide bonds. The second kappa shape index (κ2) is 15.0. The summed E-state index contributed by atoms with van der Waals surface area (Å²) >= 11 is 0. The van der Waals surface area contributed by atoms with Gasteiger partial charge in [-0.25, -0.2) is 0 Å². The second-order valence-corrected chi connectivity index (χ2v) is 9.61. The second-order valence-electron chi connectivity index (χ2n) is 8.61. The van der Waals surface area contributed by atoms with Crippen LogP contribution in [0.1, 0.15) is 5.56 Å². The number of aryl methyl sites for hydroxylation is 1. The smallest absolute Gasteiger partial charge is 0.298 e. The Balaban J connectivity index is 0.000000231. The average molecular weight is 530 g/mol. The summed E-state index contributed by atoms with van der Waals surface area (Å²) in [5.74, 6) is 0. The molecule has 168 valence electrons. The van der Waals surface area contributed by atoms with Gasteiger partial charge >= 0.3 is 26.2 Å². The Morgan fingerprint density at radius 2 is 1.00 bits per heavy atom. The van der Waals surface area contributed by atoms with Gasteiger partial charge in [-0.15, -0.1) is 59.3 Å². The first-order valence-corrected chi connectivity index (χ1v) is 13.0. The predicted molar refractivity (Wildman–Crippen MR) is 147 cm³/mol. The van der Waals surface area contributed by atoms with Gasteiger partial charge in [-0.05, 0) is 13.0 Å². The molecule has 0 heterocycles. The van der Waals surface area contributed by atoms with Gasteiger partial charge in [-0.2, -0.15) is 35.0 Å². The SMILES string of the molecule is C[Si]C.Cc1ccccc1[N+](C)(C)C.[Zr+2].c1ccc2[cH-]ccc2c1.c1ccc2[cH-]ccc2c1. The van der Waals surface area contributed by atoms with Crippen LogP contribution in [-0.4, -0.2) is 30.7 Å². The van der Waals surface area contributed by atoms with Crippen LogP contribution in [0, 0.1) is 6.92 Å². The molecule has 0 spiro atoms. The van der Waals surface area contributed by atoms with E-state index in [9.17, 15) is 0 Å². The van der Waals surface area contributed by atoms with Crippen molar-refractivity contribution >= 4 is 36.8 Å². The number of quaternary nitrogens is 1. The quantitative estimate of drug-likeness (QED) is 0.117. The fourth-order valence-corrected chi connectivity index (χ4v) is 3.46. The largest absolute Gasteiger partial charge is 2.00 e. The molecular formula is C30H36NSiZr+. The molecule has 5 aromatic carbocycles. The van der Waals surface area contributed by atoms with Crippen molar-refractivity contribution in [2.75, 3.05) is 21.1 Å². The monoisotopic (exact) mass is 528 g/mol. The average Bonchev–Trinajstić information content (AvgIpc) is 3.44. The fraction of sp³-hybridized carbons (Fsp3) is 0.200. The van der Waals surface area contributed by atoms with Gasteiger partial charge in [0, 0.05) is 15.1 Å². The number of fused-ring (bicyclic) bond motifs is 2. The summed E-state index contributed by atoms with van der Waals surface area (Å²) < 4.78 is 0.896. The van der Waals surface area contributed by atoms with Crippen molar-refractivity contribution in [1.82, 2.24) is 4.48 Å². The normalized spacial score (nSPS) is 10.0. The molecule has 0 N–H and O–H groups in total. The minimum atomic E-state index is 0. The van der Waals surface area contributed by atoms with Crippen molar-refractivity contribution in [3.63, 3.8) is 0 Å². The summed E-state index contributed by atoms with van der Waals surface area (Å²) in [5.41, 5.74) is 2.74. The van der Waals surface area contributed by atoms with Crippen molar-refractivity contribution in [3.8, 4) is 0 Å². The van der Waals surface area contributed by atoms with Crippen molar-refractivity contribution < 1.29 is 26.2 Å². The van der Waals surface area contributed by atoms with Crippen LogP contribution in [0.3, 0.4) is 0 Å². The Morgan fingerprint density at radius 3 is 1.36 bits per heavy atom. The van der Waals surface area contributed by atoms with Crippen molar-refractivity contribution in [2.45, 2.75) is 20.0 Å². The Bertz CT molecular complexity index is 1050. The number of hydrogen-bond donors (Lipinski definition) is 0. The zero-order valence-electron chi connectivity index (χ0n) is 20.8. The molecule has 0 unspecified atom stereocenters. The fourth-order valence-electron chi connectivity index (χ4n) is 3.46. The third-order valence-electron chi connectivity index (χ3n) is 4.93. The molecule has 0 aromatic heterocycles. The van der Waals surface area contributed by atoms with Crippen molar-refractivity contribution in [1.29, 1.82) is 0 Å². The summed E-state index contributed by atoms with van der Waals surface area (Å²) in [6, 6.07) is 37.8. The van der Waals surface area contributed by atoms with E-state index in [1.54, 1.807) is 0 Å². The van der Waals surface area contributed by atoms with E-state index in [0.717, 1.165) is 14.0 Å². The summed E-state index contributed by atoms with van der Waals surface area (Å²) in [6.07, 6.45) is 0. The summed E-state index contributed by atoms with van der Waals surface area (Å²) in [6.45, 7) is 6.46. The molecule has 0 saturated heterocycles. The van der Waals surface area contributed by atoms with Crippen LogP contribution in [0.15, 0.2) is 109 Å². The van der Waals surface area contributed by atoms with E-state index in [-0.39, 0.29) is 26.2 Å². The summed E-state index contributed by atoms with van der Waals surface area (Å²) in [5, 5.41) is 5.32. The van der Waals surface area contributed by atoms with Gasteiger partial charge in [-0.1, -0.05) is 43.4 Å². The molecule has 5 rings (SSSR count). The first kappa shape index (κ1) is 29.0. The molecule has 0 bridgehead atoms. The molecule has 0 atom stereocenters. The molecular weight excluding hydrogens is 494 g/mol. The number of rotatable bonds is 1. The van der Waals surface area contributed by atoms with E-state index < -0.39 is 0 Å². The van der Waals surface area contributed by atoms with Gasteiger partial charge in [0.2, 0.25) is 0 Å². The molecule has 1 nitrogen and oxygen atoms in total. The Labute approximate surface area is 222 Å². The molecule has 5 aromatic rings. The molecule has 2 radical (unpaired) electrons. The van der Waals surface area contributed by atoms with E-state index in [2.05, 4.69) is 150 Å². The summed E-state index contributed by atoms with van der Waals surface area (Å²) in [7, 11) is 7.63. The minimum Gasteiger partial charge on any atom is -0.298 e. The van der Waals surface area contributed by atoms with Crippen LogP contribution < -0.4 is 4.48 Å². The van der Waals surface area contributed by atoms with Gasteiger partial charge in [0.15, 0.2) is 0 Å². The molecule has 0 fully saturated rings. The van der Waals surface area contributed by atoms with Crippen LogP contribution in [-0.2, 0) is 26.2 Å². The molecule has 0 saturated carbocycles. The number of para-hydroxylation sites is 1. The number of nitrogens with zero attached hydrogens (tertiary/aromatic N) is 1. The van der Waals surface area contributed by atoms with E-state index in [1.807, 2.05) is 0 Å². The minimum absolute atomic E-state index is 0. The van der Waals surface area contributed by atoms with Crippen LogP contribution in [0.4, 0.5) is 5.69 Å². The maximum Gasteiger partial charge on any atom is 2.00 e. The molecule has 0 aliphatic heterocycles. The van der Waals surface area contributed by atoms with Crippen molar-refractivity contribution in [3.05, 3.63) is 115 Å². The topological polar surface area (TPSA) is 0 Å².